The Morgan fingerprint density at radius 1 is 1.11 bits per heavy atom. The van der Waals surface area contributed by atoms with E-state index in [1.54, 1.807) is 12.1 Å². The van der Waals surface area contributed by atoms with Crippen molar-refractivity contribution in [3.63, 3.8) is 0 Å². The van der Waals surface area contributed by atoms with Gasteiger partial charge in [0, 0.05) is 10.6 Å². The Bertz CT molecular complexity index is 561. The molecule has 0 saturated heterocycles. The number of rotatable bonds is 4. The normalized spacial score (nSPS) is 10.7. The number of aliphatic hydroxyl groups is 1. The number of hydrogen-bond acceptors (Lipinski definition) is 2. The zero-order valence-corrected chi connectivity index (χ0v) is 11.9. The molecule has 0 amide bonds. The molecule has 19 heavy (non-hydrogen) atoms. The van der Waals surface area contributed by atoms with Crippen molar-refractivity contribution in [2.45, 2.75) is 31.1 Å². The van der Waals surface area contributed by atoms with E-state index in [0.29, 0.717) is 16.2 Å². The van der Waals surface area contributed by atoms with E-state index in [0.717, 1.165) is 0 Å². The van der Waals surface area contributed by atoms with Crippen LogP contribution in [0.25, 0.3) is 0 Å². The Kier molecular flexibility index (Phi) is 4.61. The lowest BCUT2D eigenvalue weighted by atomic mass is 10.1. The smallest absolute Gasteiger partial charge is 0.137 e. The van der Waals surface area contributed by atoms with E-state index in [9.17, 15) is 9.50 Å². The maximum Gasteiger partial charge on any atom is 0.137 e. The Labute approximate surface area is 117 Å². The minimum Gasteiger partial charge on any atom is -0.392 e. The van der Waals surface area contributed by atoms with Crippen molar-refractivity contribution in [3.05, 3.63) is 64.5 Å². The molecule has 0 saturated carbocycles. The van der Waals surface area contributed by atoms with Crippen molar-refractivity contribution in [2.24, 2.45) is 0 Å². The first kappa shape index (κ1) is 14.1. The molecule has 0 aromatic heterocycles. The topological polar surface area (TPSA) is 20.2 Å². The number of aliphatic hydroxyl groups excluding tert-OH is 1. The molecule has 0 fully saturated rings. The Morgan fingerprint density at radius 2 is 1.79 bits per heavy atom. The van der Waals surface area contributed by atoms with Crippen LogP contribution in [0.2, 0.25) is 0 Å². The molecule has 1 nitrogen and oxygen atoms in total. The van der Waals surface area contributed by atoms with Crippen LogP contribution in [0.4, 0.5) is 4.39 Å². The predicted molar refractivity (Wildman–Crippen MR) is 77.8 cm³/mol. The highest BCUT2D eigenvalue weighted by atomic mass is 32.2. The molecule has 0 aliphatic heterocycles. The monoisotopic (exact) mass is 276 g/mol. The van der Waals surface area contributed by atoms with Gasteiger partial charge in [0.25, 0.3) is 0 Å². The Hall–Kier alpha value is -1.32. The lowest BCUT2D eigenvalue weighted by Gasteiger charge is -2.09. The molecule has 100 valence electrons. The molecule has 0 atom stereocenters. The second-order valence-corrected chi connectivity index (χ2v) is 5.66. The fourth-order valence-corrected chi connectivity index (χ4v) is 3.15. The van der Waals surface area contributed by atoms with Crippen LogP contribution in [0.15, 0.2) is 41.3 Å². The first-order valence-electron chi connectivity index (χ1n) is 6.18. The van der Waals surface area contributed by atoms with Crippen LogP contribution < -0.4 is 0 Å². The molecule has 2 rings (SSSR count). The zero-order valence-electron chi connectivity index (χ0n) is 11.1. The van der Waals surface area contributed by atoms with Crippen molar-refractivity contribution in [1.29, 1.82) is 0 Å². The summed E-state index contributed by atoms with van der Waals surface area (Å²) in [7, 11) is 0. The molecule has 0 unspecified atom stereocenters. The fraction of sp³-hybridized carbons (Fsp3) is 0.250. The highest BCUT2D eigenvalue weighted by Crippen LogP contribution is 2.29. The third kappa shape index (κ3) is 3.58. The molecular formula is C16H17FOS. The van der Waals surface area contributed by atoms with Crippen LogP contribution in [0.1, 0.15) is 22.3 Å². The summed E-state index contributed by atoms with van der Waals surface area (Å²) >= 11 is 1.43. The Balaban J connectivity index is 2.18. The lowest BCUT2D eigenvalue weighted by molar-refractivity contribution is 0.277. The highest BCUT2D eigenvalue weighted by Gasteiger charge is 2.08. The molecule has 0 spiro atoms. The summed E-state index contributed by atoms with van der Waals surface area (Å²) in [5, 5.41) is 9.25. The summed E-state index contributed by atoms with van der Waals surface area (Å²) in [6, 6.07) is 11.2. The van der Waals surface area contributed by atoms with Gasteiger partial charge in [-0.25, -0.2) is 4.39 Å². The van der Waals surface area contributed by atoms with Gasteiger partial charge in [0.1, 0.15) is 5.82 Å². The number of hydrogen-bond donors (Lipinski definition) is 1. The molecule has 0 bridgehead atoms. The molecule has 2 aromatic carbocycles. The van der Waals surface area contributed by atoms with E-state index in [1.165, 1.54) is 34.5 Å². The average molecular weight is 276 g/mol. The quantitative estimate of drug-likeness (QED) is 0.843. The van der Waals surface area contributed by atoms with Gasteiger partial charge in [0.2, 0.25) is 0 Å². The van der Waals surface area contributed by atoms with E-state index in [2.05, 4.69) is 32.0 Å². The van der Waals surface area contributed by atoms with Crippen molar-refractivity contribution in [2.75, 3.05) is 0 Å². The van der Waals surface area contributed by atoms with Gasteiger partial charge in [-0.1, -0.05) is 41.5 Å². The molecular weight excluding hydrogens is 259 g/mol. The summed E-state index contributed by atoms with van der Waals surface area (Å²) in [6.45, 7) is 3.99. The summed E-state index contributed by atoms with van der Waals surface area (Å²) < 4.78 is 13.8. The second kappa shape index (κ2) is 6.22. The van der Waals surface area contributed by atoms with E-state index in [-0.39, 0.29) is 12.4 Å². The summed E-state index contributed by atoms with van der Waals surface area (Å²) in [5.74, 6) is 0.442. The molecule has 2 aromatic rings. The zero-order chi connectivity index (χ0) is 13.8. The molecule has 0 radical (unpaired) electrons. The molecule has 1 N–H and O–H groups in total. The van der Waals surface area contributed by atoms with E-state index in [4.69, 9.17) is 0 Å². The summed E-state index contributed by atoms with van der Waals surface area (Å²) in [4.78, 5) is 0.546. The lowest BCUT2D eigenvalue weighted by Crippen LogP contribution is -1.93. The van der Waals surface area contributed by atoms with Gasteiger partial charge >= 0.3 is 0 Å². The second-order valence-electron chi connectivity index (χ2n) is 4.67. The third-order valence-electron chi connectivity index (χ3n) is 2.88. The van der Waals surface area contributed by atoms with Crippen LogP contribution in [-0.4, -0.2) is 5.11 Å². The standard InChI is InChI=1S/C16H17FOS/c1-11-6-12(2)8-13(7-11)10-19-16-14(9-18)4-3-5-15(16)17/h3-8,18H,9-10H2,1-2H3. The minimum absolute atomic E-state index is 0.132. The summed E-state index contributed by atoms with van der Waals surface area (Å²) in [6.07, 6.45) is 0. The molecule has 0 heterocycles. The fourth-order valence-electron chi connectivity index (χ4n) is 2.15. The Morgan fingerprint density at radius 3 is 2.42 bits per heavy atom. The van der Waals surface area contributed by atoms with Gasteiger partial charge in [0.05, 0.1) is 6.61 Å². The van der Waals surface area contributed by atoms with E-state index >= 15 is 0 Å². The van der Waals surface area contributed by atoms with Gasteiger partial charge in [-0.15, -0.1) is 11.8 Å². The largest absolute Gasteiger partial charge is 0.392 e. The van der Waals surface area contributed by atoms with E-state index < -0.39 is 0 Å². The van der Waals surface area contributed by atoms with Gasteiger partial charge in [-0.05, 0) is 31.0 Å². The van der Waals surface area contributed by atoms with Crippen molar-refractivity contribution in [1.82, 2.24) is 0 Å². The molecule has 3 heteroatoms. The van der Waals surface area contributed by atoms with Crippen molar-refractivity contribution in [3.8, 4) is 0 Å². The van der Waals surface area contributed by atoms with Crippen LogP contribution in [0.3, 0.4) is 0 Å². The predicted octanol–water partition coefficient (Wildman–Crippen LogP) is 4.23. The maximum atomic E-state index is 13.8. The van der Waals surface area contributed by atoms with Crippen LogP contribution in [0, 0.1) is 19.7 Å². The molecule has 0 aliphatic carbocycles. The minimum atomic E-state index is -0.263. The van der Waals surface area contributed by atoms with Crippen LogP contribution in [0.5, 0.6) is 0 Å². The van der Waals surface area contributed by atoms with Gasteiger partial charge in [-0.2, -0.15) is 0 Å². The van der Waals surface area contributed by atoms with E-state index in [1.807, 2.05) is 0 Å². The number of halogens is 1. The van der Waals surface area contributed by atoms with Gasteiger partial charge in [-0.3, -0.25) is 0 Å². The first-order valence-corrected chi connectivity index (χ1v) is 7.17. The molecule has 0 aliphatic rings. The number of thioether (sulfide) groups is 1. The third-order valence-corrected chi connectivity index (χ3v) is 4.11. The van der Waals surface area contributed by atoms with Crippen molar-refractivity contribution >= 4 is 11.8 Å². The first-order chi connectivity index (χ1) is 9.10. The van der Waals surface area contributed by atoms with Crippen LogP contribution in [-0.2, 0) is 12.4 Å². The highest BCUT2D eigenvalue weighted by molar-refractivity contribution is 7.98. The number of benzene rings is 2. The maximum absolute atomic E-state index is 13.8. The number of aryl methyl sites for hydroxylation is 2. The van der Waals surface area contributed by atoms with Gasteiger partial charge in [0.15, 0.2) is 0 Å². The average Bonchev–Trinajstić information content (AvgIpc) is 2.36. The van der Waals surface area contributed by atoms with Crippen LogP contribution >= 0.6 is 11.8 Å². The van der Waals surface area contributed by atoms with Gasteiger partial charge < -0.3 is 5.11 Å². The van der Waals surface area contributed by atoms with Crippen molar-refractivity contribution < 1.29 is 9.50 Å². The summed E-state index contributed by atoms with van der Waals surface area (Å²) in [5.41, 5.74) is 4.25. The SMILES string of the molecule is Cc1cc(C)cc(CSc2c(F)cccc2CO)c1.